The lowest BCUT2D eigenvalue weighted by atomic mass is 10.0. The van der Waals surface area contributed by atoms with E-state index in [2.05, 4.69) is 25.7 Å². The van der Waals surface area contributed by atoms with E-state index in [4.69, 9.17) is 5.11 Å². The van der Waals surface area contributed by atoms with Gasteiger partial charge in [-0.1, -0.05) is 26.7 Å². The molecule has 1 atom stereocenters. The summed E-state index contributed by atoms with van der Waals surface area (Å²) in [6.07, 6.45) is 7.58. The Balaban J connectivity index is 2.48. The largest absolute Gasteiger partial charge is 0.481 e. The zero-order chi connectivity index (χ0) is 13.5. The number of rotatable bonds is 8. The van der Waals surface area contributed by atoms with Gasteiger partial charge in [-0.2, -0.15) is 0 Å². The van der Waals surface area contributed by atoms with Gasteiger partial charge in [0.05, 0.1) is 0 Å². The zero-order valence-corrected chi connectivity index (χ0v) is 12.2. The molecule has 0 aromatic carbocycles. The van der Waals surface area contributed by atoms with E-state index in [1.54, 1.807) is 0 Å². The molecular formula is C15H29NO2. The molecule has 0 aliphatic heterocycles. The second-order valence-corrected chi connectivity index (χ2v) is 6.14. The molecule has 3 heteroatoms. The molecule has 1 unspecified atom stereocenters. The van der Waals surface area contributed by atoms with Crippen LogP contribution in [0.2, 0.25) is 0 Å². The van der Waals surface area contributed by atoms with Crippen LogP contribution in [0.15, 0.2) is 0 Å². The first-order valence-corrected chi connectivity index (χ1v) is 7.48. The fourth-order valence-electron chi connectivity index (χ4n) is 2.90. The molecule has 1 N–H and O–H groups in total. The quantitative estimate of drug-likeness (QED) is 0.721. The minimum atomic E-state index is -0.669. The normalized spacial score (nSPS) is 18.7. The van der Waals surface area contributed by atoms with Crippen molar-refractivity contribution >= 4 is 5.97 Å². The van der Waals surface area contributed by atoms with Gasteiger partial charge in [-0.25, -0.2) is 0 Å². The van der Waals surface area contributed by atoms with Crippen molar-refractivity contribution < 1.29 is 9.90 Å². The lowest BCUT2D eigenvalue weighted by Crippen LogP contribution is -2.41. The van der Waals surface area contributed by atoms with E-state index in [1.165, 1.54) is 32.1 Å². The van der Waals surface area contributed by atoms with Crippen LogP contribution < -0.4 is 0 Å². The minimum absolute atomic E-state index is 0.298. The fourth-order valence-corrected chi connectivity index (χ4v) is 2.90. The number of carboxylic acids is 1. The first-order chi connectivity index (χ1) is 8.50. The van der Waals surface area contributed by atoms with Crippen molar-refractivity contribution in [2.75, 3.05) is 6.54 Å². The molecule has 1 fully saturated rings. The fraction of sp³-hybridized carbons (Fsp3) is 0.933. The molecule has 18 heavy (non-hydrogen) atoms. The van der Waals surface area contributed by atoms with E-state index in [9.17, 15) is 4.79 Å². The Hall–Kier alpha value is -0.570. The summed E-state index contributed by atoms with van der Waals surface area (Å²) < 4.78 is 0. The highest BCUT2D eigenvalue weighted by molar-refractivity contribution is 5.66. The van der Waals surface area contributed by atoms with Gasteiger partial charge in [0.2, 0.25) is 0 Å². The van der Waals surface area contributed by atoms with Gasteiger partial charge in [0.15, 0.2) is 0 Å². The monoisotopic (exact) mass is 255 g/mol. The maximum atomic E-state index is 10.7. The molecule has 0 radical (unpaired) electrons. The molecule has 0 amide bonds. The van der Waals surface area contributed by atoms with Crippen LogP contribution >= 0.6 is 0 Å². The second-order valence-electron chi connectivity index (χ2n) is 6.14. The highest BCUT2D eigenvalue weighted by Crippen LogP contribution is 2.27. The van der Waals surface area contributed by atoms with Gasteiger partial charge in [-0.05, 0) is 45.1 Å². The molecule has 3 nitrogen and oxygen atoms in total. The van der Waals surface area contributed by atoms with E-state index in [1.807, 2.05) is 0 Å². The Morgan fingerprint density at radius 3 is 2.33 bits per heavy atom. The van der Waals surface area contributed by atoms with Gasteiger partial charge >= 0.3 is 5.97 Å². The second kappa shape index (κ2) is 7.78. The number of nitrogens with zero attached hydrogens (tertiary/aromatic N) is 1. The van der Waals surface area contributed by atoms with Crippen LogP contribution in [0.1, 0.15) is 65.7 Å². The van der Waals surface area contributed by atoms with Gasteiger partial charge in [0, 0.05) is 18.5 Å². The van der Waals surface area contributed by atoms with Gasteiger partial charge in [-0.3, -0.25) is 9.69 Å². The summed E-state index contributed by atoms with van der Waals surface area (Å²) in [4.78, 5) is 13.3. The van der Waals surface area contributed by atoms with E-state index < -0.39 is 5.97 Å². The topological polar surface area (TPSA) is 40.5 Å². The molecule has 0 spiro atoms. The smallest absolute Gasteiger partial charge is 0.303 e. The predicted molar refractivity (Wildman–Crippen MR) is 74.7 cm³/mol. The van der Waals surface area contributed by atoms with Crippen molar-refractivity contribution in [1.29, 1.82) is 0 Å². The Labute approximate surface area is 112 Å². The Bertz CT molecular complexity index is 247. The van der Waals surface area contributed by atoms with Crippen molar-refractivity contribution in [3.63, 3.8) is 0 Å². The molecule has 1 aliphatic carbocycles. The lowest BCUT2D eigenvalue weighted by Gasteiger charge is -2.35. The summed E-state index contributed by atoms with van der Waals surface area (Å²) in [6.45, 7) is 7.84. The van der Waals surface area contributed by atoms with E-state index in [-0.39, 0.29) is 0 Å². The number of aliphatic carboxylic acids is 1. The van der Waals surface area contributed by atoms with Crippen molar-refractivity contribution in [2.24, 2.45) is 5.92 Å². The van der Waals surface area contributed by atoms with Gasteiger partial charge in [-0.15, -0.1) is 0 Å². The Kier molecular flexibility index (Phi) is 6.69. The first-order valence-electron chi connectivity index (χ1n) is 7.48. The van der Waals surface area contributed by atoms with Gasteiger partial charge in [0.25, 0.3) is 0 Å². The van der Waals surface area contributed by atoms with Crippen molar-refractivity contribution in [1.82, 2.24) is 4.90 Å². The van der Waals surface area contributed by atoms with Crippen LogP contribution in [-0.4, -0.2) is 34.6 Å². The molecular weight excluding hydrogens is 226 g/mol. The highest BCUT2D eigenvalue weighted by atomic mass is 16.4. The van der Waals surface area contributed by atoms with Crippen LogP contribution in [0.3, 0.4) is 0 Å². The van der Waals surface area contributed by atoms with Crippen molar-refractivity contribution in [3.05, 3.63) is 0 Å². The molecule has 0 bridgehead atoms. The third-order valence-corrected chi connectivity index (χ3v) is 4.10. The number of hydrogen-bond acceptors (Lipinski definition) is 2. The van der Waals surface area contributed by atoms with Gasteiger partial charge in [0.1, 0.15) is 0 Å². The van der Waals surface area contributed by atoms with Crippen molar-refractivity contribution in [2.45, 2.75) is 77.8 Å². The highest BCUT2D eigenvalue weighted by Gasteiger charge is 2.26. The van der Waals surface area contributed by atoms with E-state index in [0.717, 1.165) is 18.9 Å². The SMILES string of the molecule is CC(C)CCN(C(C)CCC(=O)O)C1CCCC1. The number of carbonyl (C=O) groups is 1. The zero-order valence-electron chi connectivity index (χ0n) is 12.2. The summed E-state index contributed by atoms with van der Waals surface area (Å²) in [6, 6.07) is 1.11. The predicted octanol–water partition coefficient (Wildman–Crippen LogP) is 3.53. The molecule has 106 valence electrons. The molecule has 0 aromatic heterocycles. The summed E-state index contributed by atoms with van der Waals surface area (Å²) in [5, 5.41) is 8.81. The number of carboxylic acid groups (broad SMARTS) is 1. The minimum Gasteiger partial charge on any atom is -0.481 e. The van der Waals surface area contributed by atoms with Crippen LogP contribution in [0.4, 0.5) is 0 Å². The molecule has 1 rings (SSSR count). The average Bonchev–Trinajstić information content (AvgIpc) is 2.79. The van der Waals surface area contributed by atoms with Crippen LogP contribution in [-0.2, 0) is 4.79 Å². The summed E-state index contributed by atoms with van der Waals surface area (Å²) in [7, 11) is 0. The summed E-state index contributed by atoms with van der Waals surface area (Å²) in [5.41, 5.74) is 0. The van der Waals surface area contributed by atoms with Crippen LogP contribution in [0.25, 0.3) is 0 Å². The summed E-state index contributed by atoms with van der Waals surface area (Å²) >= 11 is 0. The third kappa shape index (κ3) is 5.38. The van der Waals surface area contributed by atoms with Crippen molar-refractivity contribution in [3.8, 4) is 0 Å². The standard InChI is InChI=1S/C15H29NO2/c1-12(2)10-11-16(14-6-4-5-7-14)13(3)8-9-15(17)18/h12-14H,4-11H2,1-3H3,(H,17,18). The maximum Gasteiger partial charge on any atom is 0.303 e. The Morgan fingerprint density at radius 2 is 1.83 bits per heavy atom. The average molecular weight is 255 g/mol. The maximum absolute atomic E-state index is 10.7. The Morgan fingerprint density at radius 1 is 1.22 bits per heavy atom. The molecule has 1 saturated carbocycles. The molecule has 0 aromatic rings. The molecule has 0 heterocycles. The van der Waals surface area contributed by atoms with E-state index in [0.29, 0.717) is 18.5 Å². The van der Waals surface area contributed by atoms with Crippen LogP contribution in [0.5, 0.6) is 0 Å². The van der Waals surface area contributed by atoms with E-state index >= 15 is 0 Å². The summed E-state index contributed by atoms with van der Waals surface area (Å²) in [5.74, 6) is 0.0534. The lowest BCUT2D eigenvalue weighted by molar-refractivity contribution is -0.137. The molecule has 0 saturated heterocycles. The van der Waals surface area contributed by atoms with Crippen LogP contribution in [0, 0.1) is 5.92 Å². The van der Waals surface area contributed by atoms with Gasteiger partial charge < -0.3 is 5.11 Å². The third-order valence-electron chi connectivity index (χ3n) is 4.10. The first kappa shape index (κ1) is 15.5. The number of hydrogen-bond donors (Lipinski definition) is 1. The molecule has 1 aliphatic rings.